The van der Waals surface area contributed by atoms with Gasteiger partial charge in [-0.05, 0) is 139 Å². The van der Waals surface area contributed by atoms with Gasteiger partial charge in [0.1, 0.15) is 0 Å². The molecule has 6 aromatic carbocycles. The second-order valence-electron chi connectivity index (χ2n) is 18.3. The van der Waals surface area contributed by atoms with Gasteiger partial charge in [-0.2, -0.15) is 12.1 Å². The average molecular weight is 875 g/mol. The van der Waals surface area contributed by atoms with Crippen LogP contribution in [0.25, 0.3) is 43.8 Å². The fourth-order valence-electron chi connectivity index (χ4n) is 11.5. The fraction of sp³-hybridized carbons (Fsp3) is 0.423. The van der Waals surface area contributed by atoms with Crippen molar-refractivity contribution >= 4 is 48.1 Å². The summed E-state index contributed by atoms with van der Waals surface area (Å²) >= 11 is -0.826. The topological polar surface area (TPSA) is 0 Å². The summed E-state index contributed by atoms with van der Waals surface area (Å²) in [5, 5.41) is 5.70. The van der Waals surface area contributed by atoms with E-state index < -0.39 is 20.8 Å². The van der Waals surface area contributed by atoms with Crippen LogP contribution in [0.5, 0.6) is 0 Å². The first-order valence-corrected chi connectivity index (χ1v) is 29.5. The molecule has 4 saturated carbocycles. The third-order valence-corrected chi connectivity index (χ3v) is 13.6. The molecule has 0 nitrogen and oxygen atoms in total. The van der Waals surface area contributed by atoms with E-state index in [1.165, 1.54) is 143 Å². The molecule has 0 unspecified atom stereocenters. The molecule has 4 bridgehead atoms. The van der Waals surface area contributed by atoms with Crippen LogP contribution in [-0.4, -0.2) is 9.52 Å². The third kappa shape index (κ3) is 9.63. The Balaban J connectivity index is 0.000000151. The van der Waals surface area contributed by atoms with Crippen LogP contribution in [0.3, 0.4) is 0 Å². The first-order valence-electron chi connectivity index (χ1n) is 21.1. The molecule has 4 heteroatoms. The summed E-state index contributed by atoms with van der Waals surface area (Å²) in [4.78, 5) is 0. The van der Waals surface area contributed by atoms with E-state index in [-0.39, 0.29) is 0 Å². The summed E-state index contributed by atoms with van der Waals surface area (Å²) in [6.07, 6.45) is 17.3. The molecule has 4 aliphatic rings. The fourth-order valence-corrected chi connectivity index (χ4v) is 11.5. The number of rotatable bonds is 6. The summed E-state index contributed by atoms with van der Waals surface area (Å²) in [7, 11) is 11.0. The van der Waals surface area contributed by atoms with Crippen molar-refractivity contribution in [3.05, 3.63) is 130 Å². The van der Waals surface area contributed by atoms with Crippen LogP contribution in [0.2, 0.25) is 13.1 Å². The van der Waals surface area contributed by atoms with Crippen molar-refractivity contribution < 1.29 is 20.8 Å². The molecular formula is C52H60Cl2SiZr. The number of hydrogen-bond acceptors (Lipinski definition) is 0. The summed E-state index contributed by atoms with van der Waals surface area (Å²) in [6, 6.07) is 37.3. The van der Waals surface area contributed by atoms with Crippen LogP contribution in [-0.2, 0) is 33.7 Å². The van der Waals surface area contributed by atoms with E-state index in [1.54, 1.807) is 11.1 Å². The molecule has 0 spiro atoms. The van der Waals surface area contributed by atoms with Gasteiger partial charge in [-0.25, -0.2) is 0 Å². The Kier molecular flexibility index (Phi) is 13.7. The predicted octanol–water partition coefficient (Wildman–Crippen LogP) is 16.1. The van der Waals surface area contributed by atoms with Crippen LogP contribution in [0, 0.1) is 50.4 Å². The van der Waals surface area contributed by atoms with Gasteiger partial charge in [0.25, 0.3) is 0 Å². The molecule has 0 atom stereocenters. The van der Waals surface area contributed by atoms with Gasteiger partial charge in [0, 0.05) is 9.52 Å². The quantitative estimate of drug-likeness (QED) is 0.116. The van der Waals surface area contributed by atoms with E-state index >= 15 is 0 Å². The summed E-state index contributed by atoms with van der Waals surface area (Å²) in [6.45, 7) is 13.1. The van der Waals surface area contributed by atoms with Gasteiger partial charge in [0.2, 0.25) is 0 Å². The zero-order valence-corrected chi connectivity index (χ0v) is 39.6. The molecule has 10 rings (SSSR count). The Labute approximate surface area is 359 Å². The normalized spacial score (nSPS) is 22.9. The van der Waals surface area contributed by atoms with E-state index in [9.17, 15) is 0 Å². The van der Waals surface area contributed by atoms with Crippen LogP contribution in [0.15, 0.2) is 97.1 Å². The molecule has 4 fully saturated rings. The Morgan fingerprint density at radius 3 is 1.21 bits per heavy atom. The standard InChI is InChI=1S/2C25H27.C2H6Si.2ClH.Zr/c2*1-17-10-18(2)12-22(11-17)23-5-3-4-21-13-20(14-24(21)23)16-25-8-6-19(15-25)7-9-25;1-3-2;;;/h2*3-5,10-14,19H,6-9,15-16H2,1-2H3;1-2H3;2*1H;/q2*-1;;;;+4/p-2. The Morgan fingerprint density at radius 1 is 0.571 bits per heavy atom. The molecule has 0 aliphatic heterocycles. The molecule has 2 radical (unpaired) electrons. The number of hydrogen-bond donors (Lipinski definition) is 0. The molecule has 290 valence electrons. The Morgan fingerprint density at radius 2 is 0.911 bits per heavy atom. The van der Waals surface area contributed by atoms with E-state index in [0.29, 0.717) is 10.8 Å². The monoisotopic (exact) mass is 872 g/mol. The Hall–Kier alpha value is -2.22. The van der Waals surface area contributed by atoms with Crippen molar-refractivity contribution in [3.63, 3.8) is 0 Å². The van der Waals surface area contributed by atoms with Crippen LogP contribution >= 0.6 is 17.0 Å². The van der Waals surface area contributed by atoms with Crippen molar-refractivity contribution in [1.82, 2.24) is 0 Å². The Bertz CT molecular complexity index is 2040. The van der Waals surface area contributed by atoms with Gasteiger partial charge in [-0.3, -0.25) is 0 Å². The molecule has 56 heavy (non-hydrogen) atoms. The molecule has 0 heterocycles. The van der Waals surface area contributed by atoms with Crippen LogP contribution < -0.4 is 0 Å². The zero-order valence-electron chi connectivity index (χ0n) is 34.6. The molecule has 4 aliphatic carbocycles. The maximum absolute atomic E-state index is 4.93. The molecule has 6 aromatic rings. The van der Waals surface area contributed by atoms with E-state index in [0.717, 1.165) is 21.4 Å². The van der Waals surface area contributed by atoms with Crippen molar-refractivity contribution in [1.29, 1.82) is 0 Å². The van der Waals surface area contributed by atoms with Gasteiger partial charge in [-0.1, -0.05) is 95.0 Å². The van der Waals surface area contributed by atoms with Crippen LogP contribution in [0.4, 0.5) is 0 Å². The predicted molar refractivity (Wildman–Crippen MR) is 244 cm³/mol. The van der Waals surface area contributed by atoms with E-state index in [2.05, 4.69) is 138 Å². The van der Waals surface area contributed by atoms with Gasteiger partial charge in [-0.15, -0.1) is 69.1 Å². The van der Waals surface area contributed by atoms with Gasteiger partial charge < -0.3 is 0 Å². The second kappa shape index (κ2) is 18.4. The van der Waals surface area contributed by atoms with Gasteiger partial charge in [0.05, 0.1) is 0 Å². The first kappa shape index (κ1) is 41.9. The minimum atomic E-state index is -0.826. The third-order valence-electron chi connectivity index (χ3n) is 13.6. The van der Waals surface area contributed by atoms with Crippen molar-refractivity contribution in [3.8, 4) is 22.3 Å². The number of benzene rings is 4. The number of aryl methyl sites for hydroxylation is 4. The van der Waals surface area contributed by atoms with Crippen molar-refractivity contribution in [2.24, 2.45) is 22.7 Å². The average Bonchev–Trinajstić information content (AvgIpc) is 4.02. The second-order valence-corrected chi connectivity index (χ2v) is 23.0. The summed E-state index contributed by atoms with van der Waals surface area (Å²) in [5.41, 5.74) is 15.3. The minimum absolute atomic E-state index is 0.634. The van der Waals surface area contributed by atoms with E-state index in [4.69, 9.17) is 17.0 Å². The van der Waals surface area contributed by atoms with Gasteiger partial charge in [0.15, 0.2) is 0 Å². The SMILES string of the molecule is C[Si]C.Cc1cc(C)cc(-c2cccc3[cH-]c(CC45CCC(CC4)C5)cc23)c1.Cc1cc(C)cc(-c2cccc3[cH-]c(CC45CCC(CC4)C5)cc23)c1.[Cl][Zr+2][Cl]. The molecule has 0 amide bonds. The molecule has 0 N–H and O–H groups in total. The molecular weight excluding hydrogens is 815 g/mol. The maximum atomic E-state index is 4.93. The molecule has 0 aromatic heterocycles. The number of fused-ring (bicyclic) bond motifs is 6. The van der Waals surface area contributed by atoms with Crippen molar-refractivity contribution in [2.45, 2.75) is 118 Å². The van der Waals surface area contributed by atoms with E-state index in [1.807, 2.05) is 0 Å². The van der Waals surface area contributed by atoms with Crippen molar-refractivity contribution in [2.75, 3.05) is 0 Å². The molecule has 0 saturated heterocycles. The summed E-state index contributed by atoms with van der Waals surface area (Å²) in [5.74, 6) is 2.07. The first-order chi connectivity index (χ1) is 27.0. The zero-order chi connectivity index (χ0) is 39.5. The number of halogens is 2. The van der Waals surface area contributed by atoms with Crippen LogP contribution in [0.1, 0.15) is 97.6 Å². The summed E-state index contributed by atoms with van der Waals surface area (Å²) < 4.78 is 0. The van der Waals surface area contributed by atoms with Gasteiger partial charge >= 0.3 is 37.9 Å².